The van der Waals surface area contributed by atoms with E-state index >= 15 is 0 Å². The first kappa shape index (κ1) is 32.2. The fourth-order valence-electron chi connectivity index (χ4n) is 10.3. The van der Waals surface area contributed by atoms with Gasteiger partial charge >= 0.3 is 0 Å². The second-order valence-corrected chi connectivity index (χ2v) is 18.8. The standard InChI is InChI=1S/C39H56N4S2/c1-6-39(7-2)32-24-27(15-17-37(4)18-16-34(45-37)36-40-19-8-20-41-36)9-12-30(32)31-13-10-28(25-33(31)39)26(3)23-29-11-14-35(44-29)38(5)42-21-22-43-38/h9-10,12-13,15,17,19-21,25-27,29-36,43H,6-8,11,14,16,18,22-24H2,1-5H3. The molecule has 4 nitrogen and oxygen atoms in total. The van der Waals surface area contributed by atoms with Crippen molar-refractivity contribution in [2.45, 2.75) is 125 Å². The predicted octanol–water partition coefficient (Wildman–Crippen LogP) is 9.11. The first-order chi connectivity index (χ1) is 21.8. The van der Waals surface area contributed by atoms with E-state index in [-0.39, 0.29) is 16.6 Å². The van der Waals surface area contributed by atoms with E-state index in [1.165, 1.54) is 51.4 Å². The van der Waals surface area contributed by atoms with Crippen LogP contribution < -0.4 is 5.32 Å². The molecule has 0 bridgehead atoms. The normalized spacial score (nSPS) is 44.2. The van der Waals surface area contributed by atoms with Gasteiger partial charge in [-0.1, -0.05) is 63.3 Å². The van der Waals surface area contributed by atoms with Crippen LogP contribution in [0.1, 0.15) is 92.4 Å². The van der Waals surface area contributed by atoms with Crippen LogP contribution in [0.2, 0.25) is 0 Å². The molecule has 4 heterocycles. The van der Waals surface area contributed by atoms with Crippen LogP contribution in [0.15, 0.2) is 63.1 Å². The van der Waals surface area contributed by atoms with Crippen LogP contribution >= 0.6 is 23.5 Å². The molecular weight excluding hydrogens is 589 g/mol. The molecule has 3 aliphatic carbocycles. The third-order valence-corrected chi connectivity index (χ3v) is 16.5. The number of nitrogens with zero attached hydrogens (tertiary/aromatic N) is 3. The lowest BCUT2D eigenvalue weighted by Gasteiger charge is -2.42. The van der Waals surface area contributed by atoms with Crippen LogP contribution in [0.3, 0.4) is 0 Å². The zero-order valence-corrected chi connectivity index (χ0v) is 29.9. The Hall–Kier alpha value is -1.37. The van der Waals surface area contributed by atoms with Crippen molar-refractivity contribution in [3.05, 3.63) is 48.1 Å². The van der Waals surface area contributed by atoms with E-state index < -0.39 is 0 Å². The zero-order valence-electron chi connectivity index (χ0n) is 28.3. The highest BCUT2D eigenvalue weighted by atomic mass is 32.2. The van der Waals surface area contributed by atoms with Crippen molar-refractivity contribution in [3.8, 4) is 0 Å². The monoisotopic (exact) mass is 644 g/mol. The van der Waals surface area contributed by atoms with Crippen molar-refractivity contribution < 1.29 is 0 Å². The number of allylic oxidation sites excluding steroid dienone is 7. The number of hydrogen-bond acceptors (Lipinski definition) is 6. The summed E-state index contributed by atoms with van der Waals surface area (Å²) in [7, 11) is 0. The molecule has 0 amide bonds. The van der Waals surface area contributed by atoms with Gasteiger partial charge in [0.2, 0.25) is 0 Å². The molecule has 1 N–H and O–H groups in total. The highest BCUT2D eigenvalue weighted by Crippen LogP contribution is 2.64. The molecular formula is C39H56N4S2. The molecule has 11 unspecified atom stereocenters. The van der Waals surface area contributed by atoms with Gasteiger partial charge in [0.05, 0.1) is 0 Å². The molecule has 244 valence electrons. The quantitative estimate of drug-likeness (QED) is 0.255. The number of fused-ring (bicyclic) bond motifs is 3. The average molecular weight is 645 g/mol. The van der Waals surface area contributed by atoms with E-state index in [9.17, 15) is 0 Å². The molecule has 4 aliphatic heterocycles. The molecule has 11 atom stereocenters. The Kier molecular flexibility index (Phi) is 9.24. The van der Waals surface area contributed by atoms with Crippen LogP contribution in [-0.2, 0) is 0 Å². The van der Waals surface area contributed by atoms with Crippen LogP contribution in [0.25, 0.3) is 0 Å². The van der Waals surface area contributed by atoms with Crippen molar-refractivity contribution in [3.63, 3.8) is 0 Å². The highest BCUT2D eigenvalue weighted by molar-refractivity contribution is 8.01. The summed E-state index contributed by atoms with van der Waals surface area (Å²) >= 11 is 4.31. The summed E-state index contributed by atoms with van der Waals surface area (Å²) in [4.78, 5) is 14.2. The van der Waals surface area contributed by atoms with Crippen LogP contribution in [0.4, 0.5) is 0 Å². The van der Waals surface area contributed by atoms with Gasteiger partial charge in [-0.2, -0.15) is 11.8 Å². The first-order valence-corrected chi connectivity index (χ1v) is 20.0. The Morgan fingerprint density at radius 1 is 1.02 bits per heavy atom. The van der Waals surface area contributed by atoms with Gasteiger partial charge in [-0.25, -0.2) is 0 Å². The first-order valence-electron chi connectivity index (χ1n) is 18.2. The minimum Gasteiger partial charge on any atom is -0.288 e. The minimum atomic E-state index is -0.0579. The molecule has 0 aromatic rings. The maximum atomic E-state index is 4.82. The molecule has 45 heavy (non-hydrogen) atoms. The van der Waals surface area contributed by atoms with Gasteiger partial charge in [0.1, 0.15) is 5.66 Å². The smallest absolute Gasteiger partial charge is 0.150 e. The second-order valence-electron chi connectivity index (χ2n) is 15.5. The summed E-state index contributed by atoms with van der Waals surface area (Å²) in [5.41, 5.74) is 1.95. The maximum absolute atomic E-state index is 4.82. The highest BCUT2D eigenvalue weighted by Gasteiger charge is 2.57. The Bertz CT molecular complexity index is 1300. The topological polar surface area (TPSA) is 49.1 Å². The van der Waals surface area contributed by atoms with Crippen molar-refractivity contribution in [2.75, 3.05) is 6.54 Å². The second kappa shape index (κ2) is 12.9. The molecule has 1 saturated carbocycles. The van der Waals surface area contributed by atoms with E-state index in [1.807, 2.05) is 12.4 Å². The number of nitrogens with one attached hydrogen (secondary N) is 1. The van der Waals surface area contributed by atoms with Crippen molar-refractivity contribution in [1.29, 1.82) is 0 Å². The van der Waals surface area contributed by atoms with E-state index in [2.05, 4.69) is 112 Å². The maximum Gasteiger partial charge on any atom is 0.150 e. The largest absolute Gasteiger partial charge is 0.288 e. The molecule has 7 rings (SSSR count). The molecule has 3 fully saturated rings. The number of hydrogen-bond donors (Lipinski definition) is 1. The molecule has 0 aromatic carbocycles. The number of aliphatic imine (C=N–C) groups is 3. The summed E-state index contributed by atoms with van der Waals surface area (Å²) in [6.07, 6.45) is 35.7. The van der Waals surface area contributed by atoms with Gasteiger partial charge in [-0.15, -0.1) is 11.8 Å². The van der Waals surface area contributed by atoms with Crippen LogP contribution in [-0.4, -0.2) is 57.5 Å². The zero-order chi connectivity index (χ0) is 31.2. The lowest BCUT2D eigenvalue weighted by atomic mass is 9.63. The fraction of sp³-hybridized carbons (Fsp3) is 0.718. The summed E-state index contributed by atoms with van der Waals surface area (Å²) in [6.45, 7) is 13.1. The van der Waals surface area contributed by atoms with E-state index in [0.29, 0.717) is 45.5 Å². The summed E-state index contributed by atoms with van der Waals surface area (Å²) in [5, 5.41) is 5.49. The molecule has 0 radical (unpaired) electrons. The Labute approximate surface area is 281 Å². The Morgan fingerprint density at radius 3 is 2.60 bits per heavy atom. The van der Waals surface area contributed by atoms with Gasteiger partial charge in [-0.05, 0) is 112 Å². The van der Waals surface area contributed by atoms with Gasteiger partial charge in [-0.3, -0.25) is 20.3 Å². The Balaban J connectivity index is 1.02. The summed E-state index contributed by atoms with van der Waals surface area (Å²) in [5.74, 6) is 3.92. The SMILES string of the molecule is CCC1(CC)C2C=C(C(C)CC3CCC(C4(C)N=CCN4)S3)C=CC2C2C=CC(C=CC3(C)CCC(C4N=CCC=N4)S3)CC21. The van der Waals surface area contributed by atoms with E-state index in [1.54, 1.807) is 5.57 Å². The van der Waals surface area contributed by atoms with Gasteiger partial charge in [0.15, 0.2) is 6.17 Å². The molecule has 7 aliphatic rings. The lowest BCUT2D eigenvalue weighted by molar-refractivity contribution is 0.112. The number of rotatable bonds is 9. The van der Waals surface area contributed by atoms with Gasteiger partial charge in [0.25, 0.3) is 0 Å². The molecule has 6 heteroatoms. The van der Waals surface area contributed by atoms with E-state index in [4.69, 9.17) is 15.0 Å². The Morgan fingerprint density at radius 2 is 1.84 bits per heavy atom. The van der Waals surface area contributed by atoms with Crippen LogP contribution in [0, 0.1) is 40.9 Å². The molecule has 0 aromatic heterocycles. The predicted molar refractivity (Wildman–Crippen MR) is 198 cm³/mol. The third-order valence-electron chi connectivity index (χ3n) is 13.0. The summed E-state index contributed by atoms with van der Waals surface area (Å²) in [6, 6.07) is 0. The van der Waals surface area contributed by atoms with E-state index in [0.717, 1.165) is 24.1 Å². The van der Waals surface area contributed by atoms with Crippen molar-refractivity contribution in [1.82, 2.24) is 5.32 Å². The van der Waals surface area contributed by atoms with Gasteiger partial charge in [0, 0.05) is 52.1 Å². The third kappa shape index (κ3) is 6.07. The molecule has 2 saturated heterocycles. The molecule has 0 spiro atoms. The van der Waals surface area contributed by atoms with Gasteiger partial charge < -0.3 is 0 Å². The van der Waals surface area contributed by atoms with Crippen molar-refractivity contribution in [2.24, 2.45) is 55.9 Å². The lowest BCUT2D eigenvalue weighted by Crippen LogP contribution is -2.44. The number of thioether (sulfide) groups is 2. The van der Waals surface area contributed by atoms with Crippen LogP contribution in [0.5, 0.6) is 0 Å². The fourth-order valence-corrected chi connectivity index (χ4v) is 13.7. The minimum absolute atomic E-state index is 0.0579. The average Bonchev–Trinajstić information content (AvgIpc) is 3.86. The summed E-state index contributed by atoms with van der Waals surface area (Å²) < 4.78 is 0.195. The van der Waals surface area contributed by atoms with Crippen molar-refractivity contribution >= 4 is 42.2 Å².